The maximum Gasteiger partial charge on any atom is 0.304 e. The summed E-state index contributed by atoms with van der Waals surface area (Å²) in [7, 11) is 1.39. The first-order valence-electron chi connectivity index (χ1n) is 5.24. The molecule has 0 amide bonds. The van der Waals surface area contributed by atoms with Gasteiger partial charge >= 0.3 is 5.97 Å². The monoisotopic (exact) mass is 302 g/mol. The van der Waals surface area contributed by atoms with E-state index in [9.17, 15) is 9.18 Å². The van der Waals surface area contributed by atoms with Crippen LogP contribution in [0.3, 0.4) is 0 Å². The van der Waals surface area contributed by atoms with Crippen LogP contribution in [0.4, 0.5) is 4.39 Å². The molecule has 5 heteroatoms. The molecule has 1 saturated carbocycles. The molecule has 1 N–H and O–H groups in total. The normalized spacial score (nSPS) is 16.6. The molecule has 1 aromatic rings. The molecule has 0 unspecified atom stereocenters. The minimum Gasteiger partial charge on any atom is -0.494 e. The second-order valence-corrected chi connectivity index (χ2v) is 5.24. The quantitative estimate of drug-likeness (QED) is 0.929. The smallest absolute Gasteiger partial charge is 0.304 e. The molecular formula is C12H12BrFO3. The maximum atomic E-state index is 14.1. The molecule has 0 atom stereocenters. The van der Waals surface area contributed by atoms with Crippen molar-refractivity contribution in [1.82, 2.24) is 0 Å². The first-order chi connectivity index (χ1) is 7.98. The Hall–Kier alpha value is -1.10. The molecule has 0 heterocycles. The average molecular weight is 303 g/mol. The van der Waals surface area contributed by atoms with Crippen LogP contribution in [-0.4, -0.2) is 18.2 Å². The van der Waals surface area contributed by atoms with Gasteiger partial charge in [-0.2, -0.15) is 0 Å². The largest absolute Gasteiger partial charge is 0.494 e. The fourth-order valence-electron chi connectivity index (χ4n) is 2.08. The zero-order valence-electron chi connectivity index (χ0n) is 9.30. The van der Waals surface area contributed by atoms with Crippen LogP contribution < -0.4 is 4.74 Å². The number of hydrogen-bond acceptors (Lipinski definition) is 2. The van der Waals surface area contributed by atoms with Crippen LogP contribution in [-0.2, 0) is 10.2 Å². The van der Waals surface area contributed by atoms with Gasteiger partial charge in [0.05, 0.1) is 13.5 Å². The summed E-state index contributed by atoms with van der Waals surface area (Å²) in [6.07, 6.45) is 1.37. The Kier molecular flexibility index (Phi) is 3.12. The molecule has 3 nitrogen and oxygen atoms in total. The summed E-state index contributed by atoms with van der Waals surface area (Å²) in [6, 6.07) is 3.18. The van der Waals surface area contributed by atoms with Gasteiger partial charge in [-0.25, -0.2) is 4.39 Å². The number of rotatable bonds is 4. The third-order valence-corrected chi connectivity index (χ3v) is 3.60. The molecule has 0 saturated heterocycles. The van der Waals surface area contributed by atoms with Gasteiger partial charge in [-0.3, -0.25) is 4.79 Å². The fraction of sp³-hybridized carbons (Fsp3) is 0.417. The van der Waals surface area contributed by atoms with Crippen LogP contribution in [0, 0.1) is 5.82 Å². The first kappa shape index (κ1) is 12.4. The number of ether oxygens (including phenoxy) is 1. The van der Waals surface area contributed by atoms with Crippen molar-refractivity contribution in [3.8, 4) is 5.75 Å². The lowest BCUT2D eigenvalue weighted by atomic mass is 9.92. The molecule has 0 radical (unpaired) electrons. The van der Waals surface area contributed by atoms with E-state index in [0.29, 0.717) is 22.9 Å². The molecule has 2 rings (SSSR count). The molecule has 0 spiro atoms. The number of benzene rings is 1. The van der Waals surface area contributed by atoms with Crippen molar-refractivity contribution in [3.63, 3.8) is 0 Å². The van der Waals surface area contributed by atoms with Crippen molar-refractivity contribution in [3.05, 3.63) is 28.0 Å². The van der Waals surface area contributed by atoms with E-state index >= 15 is 0 Å². The van der Waals surface area contributed by atoms with E-state index in [1.165, 1.54) is 13.2 Å². The van der Waals surface area contributed by atoms with Gasteiger partial charge in [0.25, 0.3) is 0 Å². The van der Waals surface area contributed by atoms with E-state index in [1.807, 2.05) is 0 Å². The molecule has 92 valence electrons. The van der Waals surface area contributed by atoms with Crippen LogP contribution in [0.2, 0.25) is 0 Å². The Balaban J connectivity index is 2.45. The van der Waals surface area contributed by atoms with Crippen molar-refractivity contribution in [2.24, 2.45) is 0 Å². The number of methoxy groups -OCH3 is 1. The number of aliphatic carboxylic acids is 1. The van der Waals surface area contributed by atoms with Crippen molar-refractivity contribution in [2.45, 2.75) is 24.7 Å². The summed E-state index contributed by atoms with van der Waals surface area (Å²) >= 11 is 3.28. The van der Waals surface area contributed by atoms with Gasteiger partial charge in [-0.05, 0) is 30.5 Å². The second-order valence-electron chi connectivity index (χ2n) is 4.32. The number of carbonyl (C=O) groups is 1. The minimum atomic E-state index is -0.902. The summed E-state index contributed by atoms with van der Waals surface area (Å²) in [5, 5.41) is 8.87. The van der Waals surface area contributed by atoms with E-state index in [-0.39, 0.29) is 12.2 Å². The van der Waals surface area contributed by atoms with Crippen molar-refractivity contribution >= 4 is 21.9 Å². The van der Waals surface area contributed by atoms with Crippen LogP contribution in [0.5, 0.6) is 5.75 Å². The maximum absolute atomic E-state index is 14.1. The molecule has 1 aliphatic rings. The Morgan fingerprint density at radius 3 is 2.71 bits per heavy atom. The summed E-state index contributed by atoms with van der Waals surface area (Å²) in [5.74, 6) is -1.21. The molecule has 0 aromatic heterocycles. The van der Waals surface area contributed by atoms with Gasteiger partial charge < -0.3 is 9.84 Å². The highest BCUT2D eigenvalue weighted by Crippen LogP contribution is 2.53. The summed E-state index contributed by atoms with van der Waals surface area (Å²) in [4.78, 5) is 10.8. The van der Waals surface area contributed by atoms with Gasteiger partial charge in [-0.15, -0.1) is 0 Å². The molecule has 1 aliphatic carbocycles. The second kappa shape index (κ2) is 4.29. The van der Waals surface area contributed by atoms with E-state index < -0.39 is 17.2 Å². The average Bonchev–Trinajstić information content (AvgIpc) is 3.00. The number of carboxylic acid groups (broad SMARTS) is 1. The van der Waals surface area contributed by atoms with Gasteiger partial charge in [0.2, 0.25) is 0 Å². The van der Waals surface area contributed by atoms with Crippen LogP contribution in [0.25, 0.3) is 0 Å². The van der Waals surface area contributed by atoms with Crippen LogP contribution >= 0.6 is 15.9 Å². The Labute approximate surface area is 107 Å². The zero-order valence-corrected chi connectivity index (χ0v) is 10.9. The predicted octanol–water partition coefficient (Wildman–Crippen LogP) is 3.10. The standard InChI is InChI=1S/C12H12BrFO3/c1-17-9-5-7(13)4-8(11(9)14)12(2-3-12)6-10(15)16/h4-5H,2-3,6H2,1H3,(H,15,16). The van der Waals surface area contributed by atoms with Gasteiger partial charge in [0.15, 0.2) is 11.6 Å². The van der Waals surface area contributed by atoms with Gasteiger partial charge in [-0.1, -0.05) is 15.9 Å². The van der Waals surface area contributed by atoms with Crippen LogP contribution in [0.1, 0.15) is 24.8 Å². The molecular weight excluding hydrogens is 291 g/mol. The summed E-state index contributed by atoms with van der Waals surface area (Å²) < 4.78 is 19.7. The highest BCUT2D eigenvalue weighted by Gasteiger charge is 2.48. The molecule has 0 bridgehead atoms. The molecule has 17 heavy (non-hydrogen) atoms. The minimum absolute atomic E-state index is 0.0382. The van der Waals surface area contributed by atoms with Crippen molar-refractivity contribution < 1.29 is 19.0 Å². The SMILES string of the molecule is COc1cc(Br)cc(C2(CC(=O)O)CC2)c1F. The summed E-state index contributed by atoms with van der Waals surface area (Å²) in [5.41, 5.74) is -0.112. The van der Waals surface area contributed by atoms with Crippen molar-refractivity contribution in [2.75, 3.05) is 7.11 Å². The molecule has 0 aliphatic heterocycles. The van der Waals surface area contributed by atoms with Gasteiger partial charge in [0.1, 0.15) is 0 Å². The number of halogens is 2. The Morgan fingerprint density at radius 2 is 2.24 bits per heavy atom. The topological polar surface area (TPSA) is 46.5 Å². The highest BCUT2D eigenvalue weighted by atomic mass is 79.9. The lowest BCUT2D eigenvalue weighted by Crippen LogP contribution is -2.15. The molecule has 1 aromatic carbocycles. The van der Waals surface area contributed by atoms with E-state index in [1.54, 1.807) is 6.07 Å². The van der Waals surface area contributed by atoms with E-state index in [0.717, 1.165) is 0 Å². The number of hydrogen-bond donors (Lipinski definition) is 1. The lowest BCUT2D eigenvalue weighted by molar-refractivity contribution is -0.137. The van der Waals surface area contributed by atoms with E-state index in [4.69, 9.17) is 9.84 Å². The lowest BCUT2D eigenvalue weighted by Gasteiger charge is -2.16. The molecule has 1 fully saturated rings. The first-order valence-corrected chi connectivity index (χ1v) is 6.03. The highest BCUT2D eigenvalue weighted by molar-refractivity contribution is 9.10. The third-order valence-electron chi connectivity index (χ3n) is 3.14. The summed E-state index contributed by atoms with van der Waals surface area (Å²) in [6.45, 7) is 0. The third kappa shape index (κ3) is 2.29. The zero-order chi connectivity index (χ0) is 12.6. The van der Waals surface area contributed by atoms with Crippen molar-refractivity contribution in [1.29, 1.82) is 0 Å². The Morgan fingerprint density at radius 1 is 1.59 bits per heavy atom. The number of carboxylic acids is 1. The van der Waals surface area contributed by atoms with Gasteiger partial charge in [0, 0.05) is 9.89 Å². The van der Waals surface area contributed by atoms with E-state index in [2.05, 4.69) is 15.9 Å². The fourth-order valence-corrected chi connectivity index (χ4v) is 2.52. The van der Waals surface area contributed by atoms with Crippen LogP contribution in [0.15, 0.2) is 16.6 Å². The predicted molar refractivity (Wildman–Crippen MR) is 63.8 cm³/mol. The Bertz CT molecular complexity index is 469.